The Morgan fingerprint density at radius 1 is 0.974 bits per heavy atom. The number of benzene rings is 3. The Balaban J connectivity index is 1.71. The van der Waals surface area contributed by atoms with Crippen LogP contribution in [0.1, 0.15) is 36.1 Å². The van der Waals surface area contributed by atoms with Crippen LogP contribution in [0.4, 0.5) is 0 Å². The molecule has 3 aromatic carbocycles. The van der Waals surface area contributed by atoms with E-state index in [2.05, 4.69) is 0 Å². The zero-order chi connectivity index (χ0) is 27.1. The number of rotatable bonds is 11. The summed E-state index contributed by atoms with van der Waals surface area (Å²) in [6.45, 7) is 3.37. The topological polar surface area (TPSA) is 85.3 Å². The number of halogens is 1. The number of ketones is 1. The molecule has 38 heavy (non-hydrogen) atoms. The van der Waals surface area contributed by atoms with Crippen LogP contribution in [0, 0.1) is 0 Å². The fraction of sp³-hybridized carbons (Fsp3) is 0.267. The summed E-state index contributed by atoms with van der Waals surface area (Å²) in [5.41, 5.74) is 1.89. The summed E-state index contributed by atoms with van der Waals surface area (Å²) in [7, 11) is 1.58. The molecule has 1 heterocycles. The van der Waals surface area contributed by atoms with E-state index in [1.807, 2.05) is 37.3 Å². The van der Waals surface area contributed by atoms with Crippen LogP contribution in [0.3, 0.4) is 0 Å². The second kappa shape index (κ2) is 12.6. The molecule has 198 valence electrons. The number of carbonyl (C=O) groups excluding carboxylic acids is 2. The molecule has 0 radical (unpaired) electrons. The average Bonchev–Trinajstić information content (AvgIpc) is 3.19. The van der Waals surface area contributed by atoms with Crippen molar-refractivity contribution in [3.05, 3.63) is 100 Å². The zero-order valence-electron chi connectivity index (χ0n) is 21.4. The van der Waals surface area contributed by atoms with E-state index in [0.717, 1.165) is 5.56 Å². The van der Waals surface area contributed by atoms with Crippen LogP contribution < -0.4 is 9.47 Å². The highest BCUT2D eigenvalue weighted by atomic mass is 35.5. The molecule has 0 bridgehead atoms. The smallest absolute Gasteiger partial charge is 0.295 e. The maximum atomic E-state index is 13.3. The van der Waals surface area contributed by atoms with Gasteiger partial charge in [0, 0.05) is 25.8 Å². The van der Waals surface area contributed by atoms with Gasteiger partial charge in [-0.1, -0.05) is 54.1 Å². The molecule has 1 saturated heterocycles. The fourth-order valence-electron chi connectivity index (χ4n) is 4.41. The molecule has 1 atom stereocenters. The minimum absolute atomic E-state index is 0.0269. The Labute approximate surface area is 227 Å². The summed E-state index contributed by atoms with van der Waals surface area (Å²) in [5.74, 6) is -0.675. The van der Waals surface area contributed by atoms with Gasteiger partial charge >= 0.3 is 0 Å². The van der Waals surface area contributed by atoms with Crippen molar-refractivity contribution in [1.82, 2.24) is 4.90 Å². The van der Waals surface area contributed by atoms with E-state index in [-0.39, 0.29) is 28.5 Å². The Hall–Kier alpha value is -3.81. The first kappa shape index (κ1) is 27.2. The van der Waals surface area contributed by atoms with Crippen LogP contribution in [0.5, 0.6) is 11.5 Å². The summed E-state index contributed by atoms with van der Waals surface area (Å²) in [4.78, 5) is 27.8. The molecule has 8 heteroatoms. The van der Waals surface area contributed by atoms with Crippen LogP contribution in [-0.4, -0.2) is 48.6 Å². The molecule has 1 aliphatic rings. The number of methoxy groups -OCH3 is 1. The zero-order valence-corrected chi connectivity index (χ0v) is 22.1. The first-order valence-corrected chi connectivity index (χ1v) is 12.8. The fourth-order valence-corrected chi connectivity index (χ4v) is 4.62. The van der Waals surface area contributed by atoms with Crippen LogP contribution in [0.2, 0.25) is 5.02 Å². The van der Waals surface area contributed by atoms with Crippen molar-refractivity contribution in [2.24, 2.45) is 0 Å². The van der Waals surface area contributed by atoms with Crippen molar-refractivity contribution < 1.29 is 28.9 Å². The number of Topliss-reactive ketones (excluding diaryl/α,β-unsaturated/α-hetero) is 1. The monoisotopic (exact) mass is 535 g/mol. The molecule has 1 aliphatic heterocycles. The highest BCUT2D eigenvalue weighted by Gasteiger charge is 2.46. The van der Waals surface area contributed by atoms with Crippen LogP contribution in [0.25, 0.3) is 5.76 Å². The first-order chi connectivity index (χ1) is 18.4. The molecule has 1 unspecified atom stereocenters. The lowest BCUT2D eigenvalue weighted by Crippen LogP contribution is -2.31. The summed E-state index contributed by atoms with van der Waals surface area (Å²) >= 11 is 6.40. The number of nitrogens with zero attached hydrogens (tertiary/aromatic N) is 1. The van der Waals surface area contributed by atoms with Gasteiger partial charge in [0.2, 0.25) is 0 Å². The van der Waals surface area contributed by atoms with Gasteiger partial charge in [0.1, 0.15) is 23.9 Å². The number of aliphatic hydroxyl groups excluding tert-OH is 1. The van der Waals surface area contributed by atoms with Gasteiger partial charge in [-0.05, 0) is 54.8 Å². The molecule has 0 spiro atoms. The molecule has 1 N–H and O–H groups in total. The normalized spacial score (nSPS) is 16.6. The first-order valence-electron chi connectivity index (χ1n) is 12.4. The number of aliphatic hydroxyl groups is 1. The number of hydrogen-bond donors (Lipinski definition) is 1. The molecule has 0 saturated carbocycles. The Morgan fingerprint density at radius 3 is 2.37 bits per heavy atom. The van der Waals surface area contributed by atoms with E-state index in [0.29, 0.717) is 43.3 Å². The minimum atomic E-state index is -0.804. The van der Waals surface area contributed by atoms with Crippen LogP contribution in [0.15, 0.2) is 78.4 Å². The standard InChI is InChI=1S/C30H30ClNO6/c1-3-37-23-14-15-25(31)24(18-23)28(33)26-27(32(16-7-17-36-2)30(35)29(26)34)21-10-12-22(13-11-21)38-19-20-8-5-4-6-9-20/h4-6,8-15,18,27,33H,3,7,16-17,19H2,1-2H3/b28-26+. The van der Waals surface area contributed by atoms with Gasteiger partial charge in [-0.3, -0.25) is 9.59 Å². The van der Waals surface area contributed by atoms with Gasteiger partial charge in [0.05, 0.1) is 23.2 Å². The van der Waals surface area contributed by atoms with E-state index >= 15 is 0 Å². The van der Waals surface area contributed by atoms with Gasteiger partial charge in [-0.2, -0.15) is 0 Å². The van der Waals surface area contributed by atoms with E-state index in [1.54, 1.807) is 49.6 Å². The third-order valence-corrected chi connectivity index (χ3v) is 6.57. The Kier molecular flexibility index (Phi) is 9.05. The van der Waals surface area contributed by atoms with Crippen molar-refractivity contribution in [1.29, 1.82) is 0 Å². The second-order valence-corrected chi connectivity index (χ2v) is 9.16. The highest BCUT2D eigenvalue weighted by Crippen LogP contribution is 2.41. The number of hydrogen-bond acceptors (Lipinski definition) is 6. The summed E-state index contributed by atoms with van der Waals surface area (Å²) in [6.07, 6.45) is 0.527. The average molecular weight is 536 g/mol. The quantitative estimate of drug-likeness (QED) is 0.145. The molecule has 7 nitrogen and oxygen atoms in total. The van der Waals surface area contributed by atoms with Crippen molar-refractivity contribution in [2.45, 2.75) is 26.0 Å². The van der Waals surface area contributed by atoms with E-state index in [1.165, 1.54) is 4.90 Å². The summed E-state index contributed by atoms with van der Waals surface area (Å²) < 4.78 is 16.6. The molecular weight excluding hydrogens is 506 g/mol. The third-order valence-electron chi connectivity index (χ3n) is 6.24. The van der Waals surface area contributed by atoms with Gasteiger partial charge in [0.15, 0.2) is 0 Å². The lowest BCUT2D eigenvalue weighted by Gasteiger charge is -2.25. The van der Waals surface area contributed by atoms with Gasteiger partial charge in [0.25, 0.3) is 11.7 Å². The van der Waals surface area contributed by atoms with Gasteiger partial charge < -0.3 is 24.2 Å². The Bertz CT molecular complexity index is 1310. The lowest BCUT2D eigenvalue weighted by molar-refractivity contribution is -0.140. The van der Waals surface area contributed by atoms with Crippen molar-refractivity contribution in [3.8, 4) is 11.5 Å². The molecule has 0 aliphatic carbocycles. The Morgan fingerprint density at radius 2 is 1.68 bits per heavy atom. The molecule has 4 rings (SSSR count). The van der Waals surface area contributed by atoms with E-state index in [9.17, 15) is 14.7 Å². The van der Waals surface area contributed by atoms with E-state index < -0.39 is 17.7 Å². The SMILES string of the molecule is CCOc1ccc(Cl)c(/C(O)=C2\C(=O)C(=O)N(CCCOC)C2c2ccc(OCc3ccccc3)cc2)c1. The van der Waals surface area contributed by atoms with E-state index in [4.69, 9.17) is 25.8 Å². The van der Waals surface area contributed by atoms with Crippen LogP contribution in [-0.2, 0) is 20.9 Å². The number of carbonyl (C=O) groups is 2. The predicted molar refractivity (Wildman–Crippen MR) is 145 cm³/mol. The molecule has 3 aromatic rings. The molecule has 1 fully saturated rings. The number of ether oxygens (including phenoxy) is 3. The maximum Gasteiger partial charge on any atom is 0.295 e. The van der Waals surface area contributed by atoms with Crippen molar-refractivity contribution in [3.63, 3.8) is 0 Å². The molecule has 0 aromatic heterocycles. The minimum Gasteiger partial charge on any atom is -0.507 e. The van der Waals surface area contributed by atoms with Crippen molar-refractivity contribution >= 4 is 29.1 Å². The molecular formula is C30H30ClNO6. The van der Waals surface area contributed by atoms with Gasteiger partial charge in [-0.15, -0.1) is 0 Å². The summed E-state index contributed by atoms with van der Waals surface area (Å²) in [5, 5.41) is 11.6. The van der Waals surface area contributed by atoms with Crippen LogP contribution >= 0.6 is 11.6 Å². The number of likely N-dealkylation sites (tertiary alicyclic amines) is 1. The second-order valence-electron chi connectivity index (χ2n) is 8.76. The van der Waals surface area contributed by atoms with Gasteiger partial charge in [-0.25, -0.2) is 0 Å². The largest absolute Gasteiger partial charge is 0.507 e. The number of amides is 1. The predicted octanol–water partition coefficient (Wildman–Crippen LogP) is 5.78. The summed E-state index contributed by atoms with van der Waals surface area (Å²) in [6, 6.07) is 21.0. The lowest BCUT2D eigenvalue weighted by atomic mass is 9.95. The van der Waals surface area contributed by atoms with Crippen molar-refractivity contribution in [2.75, 3.05) is 26.9 Å². The third kappa shape index (κ3) is 6.01. The maximum absolute atomic E-state index is 13.3. The molecule has 1 amide bonds. The highest BCUT2D eigenvalue weighted by molar-refractivity contribution is 6.47.